The van der Waals surface area contributed by atoms with E-state index in [1.807, 2.05) is 0 Å². The molecule has 0 unspecified atom stereocenters. The molecule has 0 spiro atoms. The van der Waals surface area contributed by atoms with E-state index >= 15 is 0 Å². The molecule has 1 amide bonds. The molecule has 1 atom stereocenters. The number of nitrogens with zero attached hydrogens (tertiary/aromatic N) is 1. The number of hydrogen-bond acceptors (Lipinski definition) is 6. The fourth-order valence-corrected chi connectivity index (χ4v) is 3.31. The molecule has 0 aliphatic heterocycles. The lowest BCUT2D eigenvalue weighted by atomic mass is 10.1. The Balaban J connectivity index is 1.53. The van der Waals surface area contributed by atoms with Crippen molar-refractivity contribution in [2.24, 2.45) is 0 Å². The molecule has 0 radical (unpaired) electrons. The standard InChI is InChI=1S/C21H16FN3O6/c22-11-1-4-14-15(7-11)24-18(23-14)9-16(21(29)30)25-19(27)5-10-6-20(28)31-17-8-12(26)2-3-13(10)17/h1-4,6-8,16,26H,5,9H2,(H,23,24)(H,25,27)(H,29,30)/t16-/m1/s1. The monoisotopic (exact) mass is 425 g/mol. The third kappa shape index (κ3) is 4.37. The number of phenols is 1. The normalized spacial score (nSPS) is 12.2. The quantitative estimate of drug-likeness (QED) is 0.345. The summed E-state index contributed by atoms with van der Waals surface area (Å²) in [6, 6.07) is 7.92. The molecule has 0 fully saturated rings. The van der Waals surface area contributed by atoms with Gasteiger partial charge in [-0.2, -0.15) is 0 Å². The Bertz CT molecular complexity index is 1380. The van der Waals surface area contributed by atoms with Gasteiger partial charge in [0.25, 0.3) is 0 Å². The van der Waals surface area contributed by atoms with Crippen LogP contribution in [0.3, 0.4) is 0 Å². The number of aromatic hydroxyl groups is 1. The third-order valence-corrected chi connectivity index (χ3v) is 4.69. The maximum atomic E-state index is 13.3. The number of imidazole rings is 1. The summed E-state index contributed by atoms with van der Waals surface area (Å²) in [6.45, 7) is 0. The van der Waals surface area contributed by atoms with Gasteiger partial charge in [0.2, 0.25) is 5.91 Å². The fraction of sp³-hybridized carbons (Fsp3) is 0.143. The van der Waals surface area contributed by atoms with Gasteiger partial charge in [-0.25, -0.2) is 19.0 Å². The van der Waals surface area contributed by atoms with Gasteiger partial charge in [-0.1, -0.05) is 0 Å². The molecule has 10 heteroatoms. The lowest BCUT2D eigenvalue weighted by Gasteiger charge is -2.14. The number of carbonyl (C=O) groups is 2. The molecule has 0 bridgehead atoms. The Morgan fingerprint density at radius 1 is 1.19 bits per heavy atom. The molecule has 0 aliphatic carbocycles. The Kier molecular flexibility index (Phi) is 5.12. The Morgan fingerprint density at radius 3 is 2.77 bits per heavy atom. The zero-order valence-electron chi connectivity index (χ0n) is 15.9. The number of aromatic amines is 1. The lowest BCUT2D eigenvalue weighted by Crippen LogP contribution is -2.43. The molecular weight excluding hydrogens is 409 g/mol. The van der Waals surface area contributed by atoms with Gasteiger partial charge in [-0.3, -0.25) is 4.79 Å². The van der Waals surface area contributed by atoms with Crippen molar-refractivity contribution in [3.63, 3.8) is 0 Å². The lowest BCUT2D eigenvalue weighted by molar-refractivity contribution is -0.141. The highest BCUT2D eigenvalue weighted by Gasteiger charge is 2.23. The summed E-state index contributed by atoms with van der Waals surface area (Å²) < 4.78 is 18.4. The molecule has 0 aliphatic rings. The van der Waals surface area contributed by atoms with E-state index in [-0.39, 0.29) is 30.0 Å². The summed E-state index contributed by atoms with van der Waals surface area (Å²) in [7, 11) is 0. The number of nitrogens with one attached hydrogen (secondary N) is 2. The van der Waals surface area contributed by atoms with Crippen LogP contribution in [0.4, 0.5) is 4.39 Å². The predicted octanol–water partition coefficient (Wildman–Crippen LogP) is 1.87. The number of halogens is 1. The van der Waals surface area contributed by atoms with Crippen LogP contribution in [-0.4, -0.2) is 38.1 Å². The van der Waals surface area contributed by atoms with Crippen molar-refractivity contribution in [2.75, 3.05) is 0 Å². The smallest absolute Gasteiger partial charge is 0.336 e. The summed E-state index contributed by atoms with van der Waals surface area (Å²) in [6.07, 6.45) is -0.426. The first-order valence-electron chi connectivity index (χ1n) is 9.20. The molecule has 2 aromatic carbocycles. The van der Waals surface area contributed by atoms with E-state index in [1.165, 1.54) is 36.4 Å². The maximum Gasteiger partial charge on any atom is 0.336 e. The van der Waals surface area contributed by atoms with Crippen LogP contribution in [0.1, 0.15) is 11.4 Å². The average molecular weight is 425 g/mol. The minimum Gasteiger partial charge on any atom is -0.508 e. The van der Waals surface area contributed by atoms with Crippen molar-refractivity contribution < 1.29 is 28.6 Å². The van der Waals surface area contributed by atoms with Crippen molar-refractivity contribution in [3.8, 4) is 5.75 Å². The van der Waals surface area contributed by atoms with E-state index < -0.39 is 29.4 Å². The number of aliphatic carboxylic acids is 1. The minimum atomic E-state index is -1.30. The zero-order valence-corrected chi connectivity index (χ0v) is 15.9. The molecule has 4 N–H and O–H groups in total. The summed E-state index contributed by atoms with van der Waals surface area (Å²) in [5.74, 6) is -2.20. The second-order valence-corrected chi connectivity index (χ2v) is 6.96. The summed E-state index contributed by atoms with van der Waals surface area (Å²) in [5.41, 5.74) is 0.616. The number of fused-ring (bicyclic) bond motifs is 2. The van der Waals surface area contributed by atoms with Crippen LogP contribution in [0.2, 0.25) is 0 Å². The molecule has 2 heterocycles. The second kappa shape index (κ2) is 7.90. The minimum absolute atomic E-state index is 0.103. The Morgan fingerprint density at radius 2 is 2.00 bits per heavy atom. The van der Waals surface area contributed by atoms with Crippen LogP contribution >= 0.6 is 0 Å². The van der Waals surface area contributed by atoms with Gasteiger partial charge in [0.15, 0.2) is 0 Å². The van der Waals surface area contributed by atoms with Gasteiger partial charge >= 0.3 is 11.6 Å². The summed E-state index contributed by atoms with van der Waals surface area (Å²) >= 11 is 0. The number of benzene rings is 2. The van der Waals surface area contributed by atoms with E-state index in [2.05, 4.69) is 15.3 Å². The van der Waals surface area contributed by atoms with Gasteiger partial charge in [-0.15, -0.1) is 0 Å². The zero-order chi connectivity index (χ0) is 22.1. The second-order valence-electron chi connectivity index (χ2n) is 6.96. The van der Waals surface area contributed by atoms with Gasteiger partial charge in [0.1, 0.15) is 29.0 Å². The molecule has 31 heavy (non-hydrogen) atoms. The number of aromatic nitrogens is 2. The largest absolute Gasteiger partial charge is 0.508 e. The highest BCUT2D eigenvalue weighted by molar-refractivity contribution is 5.89. The predicted molar refractivity (Wildman–Crippen MR) is 107 cm³/mol. The molecule has 9 nitrogen and oxygen atoms in total. The summed E-state index contributed by atoms with van der Waals surface area (Å²) in [4.78, 5) is 43.0. The number of H-pyrrole nitrogens is 1. The Hall–Kier alpha value is -4.21. The molecule has 4 rings (SSSR count). The molecular formula is C21H16FN3O6. The molecule has 0 saturated heterocycles. The number of rotatable bonds is 6. The molecule has 158 valence electrons. The van der Waals surface area contributed by atoms with Crippen LogP contribution < -0.4 is 10.9 Å². The number of amides is 1. The number of phenolic OH excluding ortho intramolecular Hbond substituents is 1. The number of hydrogen-bond donors (Lipinski definition) is 4. The van der Waals surface area contributed by atoms with Crippen molar-refractivity contribution in [1.29, 1.82) is 0 Å². The van der Waals surface area contributed by atoms with Crippen LogP contribution in [0.25, 0.3) is 22.0 Å². The maximum absolute atomic E-state index is 13.3. The van der Waals surface area contributed by atoms with Gasteiger partial charge in [0, 0.05) is 23.9 Å². The van der Waals surface area contributed by atoms with E-state index in [9.17, 15) is 29.0 Å². The first-order valence-corrected chi connectivity index (χ1v) is 9.20. The molecule has 2 aromatic heterocycles. The first kappa shape index (κ1) is 20.1. The highest BCUT2D eigenvalue weighted by Crippen LogP contribution is 2.22. The van der Waals surface area contributed by atoms with Crippen LogP contribution in [-0.2, 0) is 22.4 Å². The average Bonchev–Trinajstić information content (AvgIpc) is 3.08. The number of carboxylic acids is 1. The number of carbonyl (C=O) groups excluding carboxylic acids is 1. The van der Waals surface area contributed by atoms with E-state index in [1.54, 1.807) is 0 Å². The van der Waals surface area contributed by atoms with Gasteiger partial charge < -0.3 is 24.9 Å². The van der Waals surface area contributed by atoms with Crippen molar-refractivity contribution in [3.05, 3.63) is 70.1 Å². The summed E-state index contributed by atoms with van der Waals surface area (Å²) in [5, 5.41) is 21.9. The third-order valence-electron chi connectivity index (χ3n) is 4.69. The number of carboxylic acid groups (broad SMARTS) is 1. The topological polar surface area (TPSA) is 146 Å². The van der Waals surface area contributed by atoms with E-state index in [4.69, 9.17) is 4.42 Å². The van der Waals surface area contributed by atoms with Crippen LogP contribution in [0.15, 0.2) is 51.7 Å². The first-order chi connectivity index (χ1) is 14.8. The van der Waals surface area contributed by atoms with Crippen LogP contribution in [0.5, 0.6) is 5.75 Å². The van der Waals surface area contributed by atoms with Crippen LogP contribution in [0, 0.1) is 5.82 Å². The van der Waals surface area contributed by atoms with Crippen molar-refractivity contribution in [1.82, 2.24) is 15.3 Å². The molecule has 0 saturated carbocycles. The van der Waals surface area contributed by atoms with Crippen molar-refractivity contribution in [2.45, 2.75) is 18.9 Å². The Labute approximate surface area is 173 Å². The van der Waals surface area contributed by atoms with E-state index in [0.717, 1.165) is 6.07 Å². The van der Waals surface area contributed by atoms with Gasteiger partial charge in [0.05, 0.1) is 17.5 Å². The van der Waals surface area contributed by atoms with Crippen molar-refractivity contribution >= 4 is 33.9 Å². The van der Waals surface area contributed by atoms with E-state index in [0.29, 0.717) is 22.0 Å². The molecule has 4 aromatic rings. The fourth-order valence-electron chi connectivity index (χ4n) is 3.31. The SMILES string of the molecule is O=C(Cc1cc(=O)oc2cc(O)ccc12)N[C@H](Cc1nc2ccc(F)cc2[nH]1)C(=O)O. The van der Waals surface area contributed by atoms with Gasteiger partial charge in [-0.05, 0) is 35.9 Å². The highest BCUT2D eigenvalue weighted by atomic mass is 19.1.